The molecule has 0 amide bonds. The number of hydrogen-bond acceptors (Lipinski definition) is 10. The summed E-state index contributed by atoms with van der Waals surface area (Å²) in [6.07, 6.45) is -5.66. The molecule has 1 saturated heterocycles. The van der Waals surface area contributed by atoms with E-state index in [9.17, 15) is 34.4 Å². The van der Waals surface area contributed by atoms with Crippen LogP contribution in [0.1, 0.15) is 53.2 Å². The molecule has 0 radical (unpaired) electrons. The van der Waals surface area contributed by atoms with Gasteiger partial charge in [-0.25, -0.2) is 9.36 Å². The molecule has 33 heavy (non-hydrogen) atoms. The van der Waals surface area contributed by atoms with Crippen molar-refractivity contribution in [1.29, 1.82) is 0 Å². The van der Waals surface area contributed by atoms with Gasteiger partial charge in [-0.3, -0.25) is 19.3 Å². The molecule has 3 heterocycles. The average molecular weight is 491 g/mol. The molecule has 8 N–H and O–H groups in total. The summed E-state index contributed by atoms with van der Waals surface area (Å²) in [6.45, 7) is 5.91. The molecule has 1 fully saturated rings. The third kappa shape index (κ3) is 4.52. The highest BCUT2D eigenvalue weighted by Crippen LogP contribution is 2.59. The van der Waals surface area contributed by atoms with Crippen LogP contribution in [0.5, 0.6) is 0 Å². The smallest absolute Gasteiger partial charge is 0.359 e. The monoisotopic (exact) mass is 491 g/mol. The Labute approximate surface area is 187 Å². The second-order valence-electron chi connectivity index (χ2n) is 8.69. The molecule has 7 atom stereocenters. The third-order valence-corrected chi connectivity index (χ3v) is 8.41. The van der Waals surface area contributed by atoms with Gasteiger partial charge in [0.25, 0.3) is 5.56 Å². The van der Waals surface area contributed by atoms with E-state index in [4.69, 9.17) is 15.0 Å². The Hall–Kier alpha value is -2.06. The number of imidazole rings is 1. The lowest BCUT2D eigenvalue weighted by atomic mass is 9.93. The summed E-state index contributed by atoms with van der Waals surface area (Å²) >= 11 is 0. The van der Waals surface area contributed by atoms with Crippen molar-refractivity contribution >= 4 is 24.7 Å². The van der Waals surface area contributed by atoms with E-state index in [1.807, 2.05) is 0 Å². The summed E-state index contributed by atoms with van der Waals surface area (Å²) in [5, 5.41) is 29.5. The average Bonchev–Trinajstić information content (AvgIpc) is 3.18. The number of nitrogens with one attached hydrogen (secondary N) is 2. The van der Waals surface area contributed by atoms with Gasteiger partial charge in [0.2, 0.25) is 5.95 Å². The van der Waals surface area contributed by atoms with Crippen molar-refractivity contribution in [1.82, 2.24) is 19.5 Å². The van der Waals surface area contributed by atoms with Gasteiger partial charge in [-0.05, 0) is 26.7 Å². The summed E-state index contributed by atoms with van der Waals surface area (Å²) in [5.41, 5.74) is 2.34. The van der Waals surface area contributed by atoms with E-state index < -0.39 is 54.3 Å². The molecule has 2 aromatic rings. The van der Waals surface area contributed by atoms with Crippen molar-refractivity contribution in [3.05, 3.63) is 20.8 Å². The van der Waals surface area contributed by atoms with Crippen LogP contribution in [0.2, 0.25) is 0 Å². The van der Waals surface area contributed by atoms with Gasteiger partial charge in [-0.15, -0.1) is 0 Å². The summed E-state index contributed by atoms with van der Waals surface area (Å²) in [4.78, 5) is 43.4. The summed E-state index contributed by atoms with van der Waals surface area (Å²) < 4.78 is 24.8. The number of aliphatic hydroxyl groups is 3. The lowest BCUT2D eigenvalue weighted by molar-refractivity contribution is -0.0698. The Morgan fingerprint density at radius 2 is 1.85 bits per heavy atom. The van der Waals surface area contributed by atoms with Crippen molar-refractivity contribution in [2.45, 2.75) is 82.4 Å². The van der Waals surface area contributed by atoms with Crippen molar-refractivity contribution < 1.29 is 34.0 Å². The first kappa shape index (κ1) is 25.6. The lowest BCUT2D eigenvalue weighted by Gasteiger charge is -2.37. The van der Waals surface area contributed by atoms with Crippen LogP contribution in [-0.4, -0.2) is 69.0 Å². The highest BCUT2D eigenvalue weighted by Gasteiger charge is 2.51. The van der Waals surface area contributed by atoms with Crippen LogP contribution in [0.3, 0.4) is 0 Å². The van der Waals surface area contributed by atoms with E-state index in [-0.39, 0.29) is 36.4 Å². The molecule has 2 aromatic heterocycles. The van der Waals surface area contributed by atoms with Crippen molar-refractivity contribution in [2.75, 3.05) is 5.73 Å². The highest BCUT2D eigenvalue weighted by molar-refractivity contribution is 7.54. The fourth-order valence-electron chi connectivity index (χ4n) is 3.64. The molecule has 0 aliphatic carbocycles. The Morgan fingerprint density at radius 1 is 1.21 bits per heavy atom. The Balaban J connectivity index is 1.92. The van der Waals surface area contributed by atoms with Crippen LogP contribution in [0.4, 0.5) is 5.95 Å². The molecule has 1 aliphatic rings. The zero-order chi connectivity index (χ0) is 24.9. The van der Waals surface area contributed by atoms with Gasteiger partial charge in [0, 0.05) is 6.42 Å². The Morgan fingerprint density at radius 3 is 2.42 bits per heavy atom. The molecule has 3 rings (SSSR count). The Kier molecular flexibility index (Phi) is 6.68. The minimum Gasteiger partial charge on any atom is -0.388 e. The van der Waals surface area contributed by atoms with Crippen LogP contribution in [0.25, 0.3) is 11.2 Å². The lowest BCUT2D eigenvalue weighted by Crippen LogP contribution is -2.40. The number of nitrogens with two attached hydrogens (primary N) is 1. The van der Waals surface area contributed by atoms with Crippen LogP contribution in [-0.2, 0) is 13.8 Å². The van der Waals surface area contributed by atoms with Gasteiger partial charge in [0.15, 0.2) is 22.7 Å². The van der Waals surface area contributed by atoms with E-state index in [1.165, 1.54) is 20.8 Å². The zero-order valence-corrected chi connectivity index (χ0v) is 19.6. The van der Waals surface area contributed by atoms with E-state index in [2.05, 4.69) is 15.0 Å². The maximum Gasteiger partial charge on any atom is 0.359 e. The molecular weight excluding hydrogens is 461 g/mol. The number of nitrogens with zero attached hydrogens (tertiary/aromatic N) is 2. The SMILES string of the molecule is CCC(C)(CC1OC(n2c(=O)[nH]c3c(=O)[nH]c(N)nc32)C(O)C1O)OP(=O)(O)C(C)(O)CC. The standard InChI is InChI=1S/C18H30N5O9P/c1-5-17(3,32-33(29,30)18(4,28)6-2)7-8-10(24)11(25)14(31-8)23-12-9(20-16(23)27)13(26)22-15(19)21-12/h8,10-11,14,24-25,28H,5-7H2,1-4H3,(H,20,27)(H,29,30)(H3,19,21,22,26). The minimum absolute atomic E-state index is 0.0390. The second kappa shape index (κ2) is 8.62. The summed E-state index contributed by atoms with van der Waals surface area (Å²) in [7, 11) is -4.51. The quantitative estimate of drug-likeness (QED) is 0.233. The van der Waals surface area contributed by atoms with Gasteiger partial charge in [-0.2, -0.15) is 4.98 Å². The highest BCUT2D eigenvalue weighted by atomic mass is 31.2. The minimum atomic E-state index is -4.51. The molecule has 7 unspecified atom stereocenters. The predicted molar refractivity (Wildman–Crippen MR) is 116 cm³/mol. The Bertz CT molecular complexity index is 1190. The third-order valence-electron chi connectivity index (χ3n) is 6.19. The first-order valence-corrected chi connectivity index (χ1v) is 12.0. The summed E-state index contributed by atoms with van der Waals surface area (Å²) in [6, 6.07) is 0. The maximum atomic E-state index is 12.7. The molecular formula is C18H30N5O9P. The van der Waals surface area contributed by atoms with Gasteiger partial charge in [0.05, 0.1) is 11.7 Å². The van der Waals surface area contributed by atoms with Crippen LogP contribution < -0.4 is 17.0 Å². The number of fused-ring (bicyclic) bond motifs is 1. The second-order valence-corrected chi connectivity index (χ2v) is 10.9. The fraction of sp³-hybridized carbons (Fsp3) is 0.722. The number of aliphatic hydroxyl groups excluding tert-OH is 2. The topological polar surface area (TPSA) is 226 Å². The number of rotatable bonds is 8. The maximum absolute atomic E-state index is 12.7. The van der Waals surface area contributed by atoms with Gasteiger partial charge < -0.3 is 35.2 Å². The van der Waals surface area contributed by atoms with Gasteiger partial charge in [0.1, 0.15) is 12.2 Å². The first-order valence-electron chi connectivity index (χ1n) is 10.4. The normalized spacial score (nSPS) is 29.0. The van der Waals surface area contributed by atoms with E-state index >= 15 is 0 Å². The van der Waals surface area contributed by atoms with Crippen LogP contribution in [0.15, 0.2) is 9.59 Å². The van der Waals surface area contributed by atoms with Crippen LogP contribution in [0, 0.1) is 0 Å². The molecule has 0 bridgehead atoms. The van der Waals surface area contributed by atoms with Crippen LogP contribution >= 0.6 is 7.60 Å². The number of aromatic amines is 2. The number of H-pyrrole nitrogens is 2. The molecule has 0 saturated carbocycles. The van der Waals surface area contributed by atoms with Crippen molar-refractivity contribution in [3.8, 4) is 0 Å². The van der Waals surface area contributed by atoms with Crippen molar-refractivity contribution in [3.63, 3.8) is 0 Å². The van der Waals surface area contributed by atoms with Gasteiger partial charge in [-0.1, -0.05) is 13.8 Å². The van der Waals surface area contributed by atoms with Crippen molar-refractivity contribution in [2.24, 2.45) is 0 Å². The number of aromatic nitrogens is 4. The molecule has 0 aromatic carbocycles. The van der Waals surface area contributed by atoms with Gasteiger partial charge >= 0.3 is 13.3 Å². The van der Waals surface area contributed by atoms with E-state index in [0.29, 0.717) is 0 Å². The number of hydrogen-bond donors (Lipinski definition) is 7. The number of ether oxygens (including phenoxy) is 1. The molecule has 0 spiro atoms. The van der Waals surface area contributed by atoms with E-state index in [1.54, 1.807) is 6.92 Å². The predicted octanol–water partition coefficient (Wildman–Crippen LogP) is -0.506. The number of anilines is 1. The summed E-state index contributed by atoms with van der Waals surface area (Å²) in [5.74, 6) is -0.265. The molecule has 14 nitrogen and oxygen atoms in total. The molecule has 186 valence electrons. The number of nitrogen functional groups attached to an aromatic ring is 1. The zero-order valence-electron chi connectivity index (χ0n) is 18.7. The fourth-order valence-corrected chi connectivity index (χ4v) is 5.04. The van der Waals surface area contributed by atoms with E-state index in [0.717, 1.165) is 4.57 Å². The molecule has 15 heteroatoms. The largest absolute Gasteiger partial charge is 0.388 e. The first-order chi connectivity index (χ1) is 15.2. The molecule has 1 aliphatic heterocycles.